The lowest BCUT2D eigenvalue weighted by Gasteiger charge is -2.18. The van der Waals surface area contributed by atoms with Crippen LogP contribution >= 0.6 is 35.0 Å². The SMILES string of the molecule is Cc1ccc(C[C@@H](CO)NC(=O)C2=CCC(c3cc(-c4cccnc4)nn3-c3ccc(Cl)c(Cl)c3)S2)cc1. The average molecular weight is 566 g/mol. The molecule has 4 aromatic rings. The van der Waals surface area contributed by atoms with E-state index >= 15 is 0 Å². The predicted octanol–water partition coefficient (Wildman–Crippen LogP) is 6.33. The second kappa shape index (κ2) is 11.7. The molecule has 9 heteroatoms. The Morgan fingerprint density at radius 1 is 1.16 bits per heavy atom. The highest BCUT2D eigenvalue weighted by atomic mass is 35.5. The van der Waals surface area contributed by atoms with Gasteiger partial charge in [-0.15, -0.1) is 11.8 Å². The minimum atomic E-state index is -0.371. The Kier molecular flexibility index (Phi) is 8.19. The number of aliphatic hydroxyl groups is 1. The maximum atomic E-state index is 13.1. The average Bonchev–Trinajstić information content (AvgIpc) is 3.60. The van der Waals surface area contributed by atoms with Gasteiger partial charge in [0.1, 0.15) is 0 Å². The van der Waals surface area contributed by atoms with E-state index in [-0.39, 0.29) is 23.8 Å². The normalized spacial score (nSPS) is 15.8. The summed E-state index contributed by atoms with van der Waals surface area (Å²) < 4.78 is 1.85. The van der Waals surface area contributed by atoms with Gasteiger partial charge in [-0.1, -0.05) is 59.1 Å². The number of carbonyl (C=O) groups is 1. The third kappa shape index (κ3) is 5.97. The molecule has 1 aliphatic heterocycles. The zero-order valence-electron chi connectivity index (χ0n) is 20.6. The van der Waals surface area contributed by atoms with Crippen LogP contribution in [0.5, 0.6) is 0 Å². The van der Waals surface area contributed by atoms with E-state index in [2.05, 4.69) is 10.3 Å². The van der Waals surface area contributed by atoms with E-state index in [1.807, 2.05) is 66.2 Å². The molecule has 1 amide bonds. The van der Waals surface area contributed by atoms with Crippen LogP contribution < -0.4 is 5.32 Å². The number of hydrogen-bond donors (Lipinski definition) is 2. The third-order valence-corrected chi connectivity index (χ3v) is 8.40. The lowest BCUT2D eigenvalue weighted by atomic mass is 10.0. The van der Waals surface area contributed by atoms with Crippen molar-refractivity contribution in [1.29, 1.82) is 0 Å². The molecular weight excluding hydrogens is 539 g/mol. The highest BCUT2D eigenvalue weighted by Crippen LogP contribution is 2.45. The summed E-state index contributed by atoms with van der Waals surface area (Å²) in [6.45, 7) is 1.89. The molecule has 0 bridgehead atoms. The number of aliphatic hydroxyl groups excluding tert-OH is 1. The van der Waals surface area contributed by atoms with Crippen LogP contribution in [0.4, 0.5) is 0 Å². The van der Waals surface area contributed by atoms with Crippen LogP contribution in [0.15, 0.2) is 84.0 Å². The summed E-state index contributed by atoms with van der Waals surface area (Å²) in [7, 11) is 0. The Bertz CT molecular complexity index is 1470. The van der Waals surface area contributed by atoms with Gasteiger partial charge in [0.15, 0.2) is 0 Å². The fourth-order valence-electron chi connectivity index (χ4n) is 4.32. The number of carbonyl (C=O) groups excluding carboxylic acids is 1. The van der Waals surface area contributed by atoms with Gasteiger partial charge in [-0.25, -0.2) is 4.68 Å². The molecule has 0 fully saturated rings. The van der Waals surface area contributed by atoms with Gasteiger partial charge in [-0.2, -0.15) is 5.10 Å². The molecule has 0 spiro atoms. The molecule has 6 nitrogen and oxygen atoms in total. The van der Waals surface area contributed by atoms with Crippen LogP contribution in [0.2, 0.25) is 10.0 Å². The smallest absolute Gasteiger partial charge is 0.257 e. The molecule has 1 unspecified atom stereocenters. The van der Waals surface area contributed by atoms with Gasteiger partial charge >= 0.3 is 0 Å². The molecule has 0 aliphatic carbocycles. The Morgan fingerprint density at radius 3 is 2.68 bits per heavy atom. The number of pyridine rings is 1. The van der Waals surface area contributed by atoms with Crippen LogP contribution in [-0.4, -0.2) is 38.4 Å². The van der Waals surface area contributed by atoms with E-state index in [1.165, 1.54) is 17.3 Å². The van der Waals surface area contributed by atoms with Crippen molar-refractivity contribution in [1.82, 2.24) is 20.1 Å². The monoisotopic (exact) mass is 564 g/mol. The Hall–Kier alpha value is -3.10. The van der Waals surface area contributed by atoms with Gasteiger partial charge in [0.25, 0.3) is 5.91 Å². The summed E-state index contributed by atoms with van der Waals surface area (Å²) in [6.07, 6.45) is 6.66. The minimum absolute atomic E-state index is 0.0344. The van der Waals surface area contributed by atoms with Crippen molar-refractivity contribution >= 4 is 40.9 Å². The maximum Gasteiger partial charge on any atom is 0.257 e. The molecule has 2 atom stereocenters. The topological polar surface area (TPSA) is 80.0 Å². The van der Waals surface area contributed by atoms with Crippen molar-refractivity contribution in [3.8, 4) is 16.9 Å². The Morgan fingerprint density at radius 2 is 1.97 bits per heavy atom. The number of hydrogen-bond acceptors (Lipinski definition) is 5. The molecule has 0 saturated carbocycles. The molecule has 5 rings (SSSR count). The molecule has 2 aromatic heterocycles. The molecule has 0 saturated heterocycles. The van der Waals surface area contributed by atoms with Crippen molar-refractivity contribution in [3.05, 3.63) is 111 Å². The number of halogens is 2. The zero-order valence-corrected chi connectivity index (χ0v) is 23.0. The second-order valence-corrected chi connectivity index (χ2v) is 11.2. The summed E-state index contributed by atoms with van der Waals surface area (Å²) in [5.74, 6) is -0.184. The molecule has 38 heavy (non-hydrogen) atoms. The first kappa shape index (κ1) is 26.5. The van der Waals surface area contributed by atoms with Crippen LogP contribution in [0, 0.1) is 6.92 Å². The number of benzene rings is 2. The molecule has 2 N–H and O–H groups in total. The second-order valence-electron chi connectivity index (χ2n) is 9.16. The lowest BCUT2D eigenvalue weighted by Crippen LogP contribution is -2.39. The van der Waals surface area contributed by atoms with E-state index in [0.29, 0.717) is 27.8 Å². The van der Waals surface area contributed by atoms with Crippen molar-refractivity contribution in [3.63, 3.8) is 0 Å². The third-order valence-electron chi connectivity index (χ3n) is 6.34. The van der Waals surface area contributed by atoms with Crippen molar-refractivity contribution in [2.45, 2.75) is 31.1 Å². The Labute approximate surface area is 235 Å². The maximum absolute atomic E-state index is 13.1. The number of rotatable bonds is 8. The summed E-state index contributed by atoms with van der Waals surface area (Å²) >= 11 is 14.0. The first-order valence-corrected chi connectivity index (χ1v) is 13.8. The van der Waals surface area contributed by atoms with E-state index in [4.69, 9.17) is 28.3 Å². The summed E-state index contributed by atoms with van der Waals surface area (Å²) in [5.41, 5.74) is 5.61. The number of allylic oxidation sites excluding steroid dienone is 1. The molecule has 3 heterocycles. The van der Waals surface area contributed by atoms with Crippen LogP contribution in [0.25, 0.3) is 16.9 Å². The van der Waals surface area contributed by atoms with Crippen molar-refractivity contribution in [2.75, 3.05) is 6.61 Å². The first-order chi connectivity index (χ1) is 18.4. The van der Waals surface area contributed by atoms with Gasteiger partial charge in [-0.3, -0.25) is 9.78 Å². The predicted molar refractivity (Wildman–Crippen MR) is 154 cm³/mol. The summed E-state index contributed by atoms with van der Waals surface area (Å²) in [5, 5.41) is 18.6. The fraction of sp³-hybridized carbons (Fsp3) is 0.207. The minimum Gasteiger partial charge on any atom is -0.394 e. The number of thioether (sulfide) groups is 1. The van der Waals surface area contributed by atoms with Crippen LogP contribution in [0.1, 0.15) is 28.5 Å². The Balaban J connectivity index is 1.35. The van der Waals surface area contributed by atoms with Gasteiger partial charge in [0.05, 0.1) is 49.9 Å². The standard InChI is InChI=1S/C29H26Cl2N4O2S/c1-18-4-6-19(7-5-18)13-21(17-36)33-29(37)28-11-10-27(38-28)26-15-25(20-3-2-12-32-16-20)34-35(26)22-8-9-23(30)24(31)14-22/h2-9,11-12,14-16,21,27,36H,10,13,17H2,1H3,(H,33,37)/t21-,27?/m0/s1. The largest absolute Gasteiger partial charge is 0.394 e. The number of nitrogens with zero attached hydrogens (tertiary/aromatic N) is 3. The molecule has 1 aliphatic rings. The van der Waals surface area contributed by atoms with Crippen LogP contribution in [0.3, 0.4) is 0 Å². The zero-order chi connectivity index (χ0) is 26.6. The number of nitrogens with one attached hydrogen (secondary N) is 1. The van der Waals surface area contributed by atoms with E-state index in [9.17, 15) is 9.90 Å². The van der Waals surface area contributed by atoms with Crippen molar-refractivity contribution in [2.24, 2.45) is 0 Å². The number of aromatic nitrogens is 3. The molecule has 2 aromatic carbocycles. The highest BCUT2D eigenvalue weighted by molar-refractivity contribution is 8.04. The van der Waals surface area contributed by atoms with Gasteiger partial charge in [-0.05, 0) is 61.7 Å². The summed E-state index contributed by atoms with van der Waals surface area (Å²) in [4.78, 5) is 18.0. The number of aryl methyl sites for hydroxylation is 1. The van der Waals surface area contributed by atoms with E-state index in [0.717, 1.165) is 28.2 Å². The quantitative estimate of drug-likeness (QED) is 0.261. The molecule has 0 radical (unpaired) electrons. The van der Waals surface area contributed by atoms with E-state index in [1.54, 1.807) is 24.5 Å². The summed E-state index contributed by atoms with van der Waals surface area (Å²) in [6, 6.07) is 19.0. The van der Waals surface area contributed by atoms with Crippen LogP contribution in [-0.2, 0) is 11.2 Å². The molecular formula is C29H26Cl2N4O2S. The van der Waals surface area contributed by atoms with Gasteiger partial charge in [0.2, 0.25) is 0 Å². The van der Waals surface area contributed by atoms with E-state index < -0.39 is 0 Å². The lowest BCUT2D eigenvalue weighted by molar-refractivity contribution is -0.117. The van der Waals surface area contributed by atoms with Gasteiger partial charge in [0, 0.05) is 18.0 Å². The van der Waals surface area contributed by atoms with Gasteiger partial charge < -0.3 is 10.4 Å². The fourth-order valence-corrected chi connectivity index (χ4v) is 5.76. The first-order valence-electron chi connectivity index (χ1n) is 12.2. The molecule has 194 valence electrons. The highest BCUT2D eigenvalue weighted by Gasteiger charge is 2.29. The van der Waals surface area contributed by atoms with Crippen molar-refractivity contribution < 1.29 is 9.90 Å². The number of amides is 1.